The summed E-state index contributed by atoms with van der Waals surface area (Å²) in [4.78, 5) is 11.4. The Bertz CT molecular complexity index is 498. The van der Waals surface area contributed by atoms with Crippen LogP contribution in [0.4, 0.5) is 0 Å². The van der Waals surface area contributed by atoms with E-state index in [1.807, 2.05) is 0 Å². The van der Waals surface area contributed by atoms with E-state index < -0.39 is 87.4 Å². The lowest BCUT2D eigenvalue weighted by molar-refractivity contribution is -0.345. The van der Waals surface area contributed by atoms with E-state index in [0.29, 0.717) is 0 Å². The highest BCUT2D eigenvalue weighted by Gasteiger charge is 2.50. The van der Waals surface area contributed by atoms with Crippen LogP contribution in [0, 0.1) is 0 Å². The lowest BCUT2D eigenvalue weighted by atomic mass is 9.95. The lowest BCUT2D eigenvalue weighted by Gasteiger charge is -2.46. The maximum absolute atomic E-state index is 11.4. The van der Waals surface area contributed by atoms with Gasteiger partial charge >= 0.3 is 0 Å². The molecule has 1 unspecified atom stereocenters. The van der Waals surface area contributed by atoms with Crippen LogP contribution in [0.5, 0.6) is 0 Å². The van der Waals surface area contributed by atoms with Gasteiger partial charge in [0.15, 0.2) is 12.6 Å². The molecule has 0 aromatic heterocycles. The van der Waals surface area contributed by atoms with Crippen LogP contribution >= 0.6 is 0 Å². The molecule has 2 aliphatic heterocycles. The Morgan fingerprint density at radius 1 is 1.00 bits per heavy atom. The summed E-state index contributed by atoms with van der Waals surface area (Å²) in [5, 5.41) is 70.8. The molecule has 2 fully saturated rings. The Morgan fingerprint density at radius 2 is 1.65 bits per heavy atom. The third kappa shape index (κ3) is 4.31. The van der Waals surface area contributed by atoms with Crippen LogP contribution in [0.1, 0.15) is 8.27 Å². The number of aliphatic hydroxyl groups excluding tert-OH is 7. The van der Waals surface area contributed by atoms with Crippen molar-refractivity contribution < 1.29 is 56.1 Å². The third-order valence-corrected chi connectivity index (χ3v) is 4.34. The van der Waals surface area contributed by atoms with Crippen LogP contribution in [-0.2, 0) is 19.0 Å². The van der Waals surface area contributed by atoms with E-state index in [1.54, 1.807) is 0 Å². The summed E-state index contributed by atoms with van der Waals surface area (Å²) in [6.45, 7) is -2.08. The lowest BCUT2D eigenvalue weighted by Crippen LogP contribution is -2.67. The Labute approximate surface area is 149 Å². The number of ether oxygens (including phenoxy) is 3. The molecule has 2 saturated heterocycles. The smallest absolute Gasteiger partial charge is 0.217 e. The number of rotatable bonds is 5. The van der Waals surface area contributed by atoms with Gasteiger partial charge in [0.25, 0.3) is 0 Å². The fourth-order valence-electron chi connectivity index (χ4n) is 2.93. The van der Waals surface area contributed by atoms with E-state index in [-0.39, 0.29) is 0 Å². The standard InChI is InChI=1S/C14H25NO11/c1-4(18)15-7-9(20)12(6(3-17)24-13(7)23)26-14-11(22)10(21)8(19)5(2-16)25-14/h5-14,16-17,19-23H,2-3H2,1H3,(H,15,18)/t5-,6-,7-,8+,9-,10+,11-,12-,13?,14+/m1/s1/i1D. The Balaban J connectivity index is 2.16. The molecule has 0 saturated carbocycles. The van der Waals surface area contributed by atoms with Crippen LogP contribution in [0.3, 0.4) is 0 Å². The number of nitrogens with one attached hydrogen (secondary N) is 1. The Kier molecular flexibility index (Phi) is 6.74. The topological polar surface area (TPSA) is 198 Å². The van der Waals surface area contributed by atoms with E-state index in [9.17, 15) is 40.5 Å². The second kappa shape index (κ2) is 8.84. The predicted molar refractivity (Wildman–Crippen MR) is 80.2 cm³/mol. The van der Waals surface area contributed by atoms with Gasteiger partial charge < -0.3 is 55.3 Å². The van der Waals surface area contributed by atoms with Crippen molar-refractivity contribution in [2.24, 2.45) is 0 Å². The van der Waals surface area contributed by atoms with Gasteiger partial charge in [0.05, 0.1) is 13.2 Å². The monoisotopic (exact) mass is 384 g/mol. The second-order valence-electron chi connectivity index (χ2n) is 6.13. The first-order valence-corrected chi connectivity index (χ1v) is 7.92. The van der Waals surface area contributed by atoms with Crippen LogP contribution in [0.25, 0.3) is 0 Å². The zero-order valence-corrected chi connectivity index (χ0v) is 13.7. The van der Waals surface area contributed by atoms with Crippen molar-refractivity contribution in [2.75, 3.05) is 13.2 Å². The highest BCUT2D eigenvalue weighted by Crippen LogP contribution is 2.28. The fourth-order valence-corrected chi connectivity index (χ4v) is 2.93. The highest BCUT2D eigenvalue weighted by molar-refractivity contribution is 5.73. The van der Waals surface area contributed by atoms with Crippen molar-refractivity contribution in [2.45, 2.75) is 68.2 Å². The van der Waals surface area contributed by atoms with Gasteiger partial charge in [0, 0.05) is 8.27 Å². The van der Waals surface area contributed by atoms with Gasteiger partial charge in [-0.1, -0.05) is 0 Å². The number of carbonyl (C=O) groups is 1. The van der Waals surface area contributed by atoms with Crippen molar-refractivity contribution in [3.8, 4) is 0 Å². The molecular weight excluding hydrogens is 358 g/mol. The van der Waals surface area contributed by atoms with Crippen molar-refractivity contribution in [1.82, 2.24) is 5.32 Å². The van der Waals surface area contributed by atoms with Crippen LogP contribution in [0.15, 0.2) is 0 Å². The molecule has 2 aliphatic rings. The SMILES string of the molecule is [2H]CC(=O)N[C@H]1C(O)O[C@H](CO)[C@@H](O[C@@H]2O[C@H](CO)[C@H](O)[C@H](O)[C@H]2O)[C@@H]1O. The molecule has 152 valence electrons. The fraction of sp³-hybridized carbons (Fsp3) is 0.929. The van der Waals surface area contributed by atoms with Crippen molar-refractivity contribution in [1.29, 1.82) is 0 Å². The number of hydrogen-bond acceptors (Lipinski definition) is 11. The van der Waals surface area contributed by atoms with Gasteiger partial charge in [-0.2, -0.15) is 0 Å². The van der Waals surface area contributed by atoms with Crippen molar-refractivity contribution >= 4 is 5.91 Å². The van der Waals surface area contributed by atoms with Crippen molar-refractivity contribution in [3.63, 3.8) is 0 Å². The minimum absolute atomic E-state index is 0.669. The molecule has 0 radical (unpaired) electrons. The summed E-state index contributed by atoms with van der Waals surface area (Å²) in [6, 6.07) is -1.40. The molecule has 10 atom stereocenters. The quantitative estimate of drug-likeness (QED) is 0.225. The van der Waals surface area contributed by atoms with Crippen LogP contribution < -0.4 is 5.32 Å². The van der Waals surface area contributed by atoms with Gasteiger partial charge in [0.2, 0.25) is 5.91 Å². The molecule has 12 nitrogen and oxygen atoms in total. The molecular formula is C14H25NO11. The average molecular weight is 384 g/mol. The molecule has 0 spiro atoms. The third-order valence-electron chi connectivity index (χ3n) is 4.34. The van der Waals surface area contributed by atoms with E-state index in [2.05, 4.69) is 5.32 Å². The molecule has 8 N–H and O–H groups in total. The second-order valence-corrected chi connectivity index (χ2v) is 6.13. The first-order chi connectivity index (χ1) is 12.7. The Hall–Kier alpha value is -0.930. The van der Waals surface area contributed by atoms with Crippen LogP contribution in [-0.4, -0.2) is 116 Å². The maximum atomic E-state index is 11.4. The number of amides is 1. The zero-order chi connectivity index (χ0) is 20.3. The summed E-state index contributed by atoms with van der Waals surface area (Å²) in [7, 11) is 0. The summed E-state index contributed by atoms with van der Waals surface area (Å²) >= 11 is 0. The summed E-state index contributed by atoms with van der Waals surface area (Å²) in [5.74, 6) is -0.810. The largest absolute Gasteiger partial charge is 0.394 e. The zero-order valence-electron chi connectivity index (χ0n) is 14.7. The van der Waals surface area contributed by atoms with Crippen molar-refractivity contribution in [3.05, 3.63) is 0 Å². The minimum Gasteiger partial charge on any atom is -0.394 e. The predicted octanol–water partition coefficient (Wildman–Crippen LogP) is -5.25. The molecule has 26 heavy (non-hydrogen) atoms. The number of hydrogen-bond donors (Lipinski definition) is 8. The molecule has 0 aromatic rings. The van der Waals surface area contributed by atoms with Gasteiger partial charge in [-0.05, 0) is 0 Å². The first kappa shape index (κ1) is 19.8. The molecule has 2 rings (SSSR count). The summed E-state index contributed by atoms with van der Waals surface area (Å²) in [5.41, 5.74) is 0. The normalized spacial score (nSPS) is 47.3. The molecule has 1 amide bonds. The van der Waals surface area contributed by atoms with Crippen LogP contribution in [0.2, 0.25) is 0 Å². The summed E-state index contributed by atoms with van der Waals surface area (Å²) < 4.78 is 22.7. The van der Waals surface area contributed by atoms with E-state index in [1.165, 1.54) is 0 Å². The minimum atomic E-state index is -1.76. The van der Waals surface area contributed by atoms with Gasteiger partial charge in [-0.15, -0.1) is 0 Å². The van der Waals surface area contributed by atoms with Gasteiger partial charge in [0.1, 0.15) is 48.8 Å². The average Bonchev–Trinajstić information content (AvgIpc) is 2.66. The molecule has 2 heterocycles. The first-order valence-electron chi connectivity index (χ1n) is 8.62. The molecule has 0 aromatic carbocycles. The maximum Gasteiger partial charge on any atom is 0.217 e. The number of aliphatic hydroxyl groups is 7. The van der Waals surface area contributed by atoms with Gasteiger partial charge in [-0.25, -0.2) is 0 Å². The van der Waals surface area contributed by atoms with E-state index in [0.717, 1.165) is 0 Å². The Morgan fingerprint density at radius 3 is 2.23 bits per heavy atom. The van der Waals surface area contributed by atoms with E-state index >= 15 is 0 Å². The molecule has 0 bridgehead atoms. The summed E-state index contributed by atoms with van der Waals surface area (Å²) in [6.07, 6.45) is -14.1. The number of carbonyl (C=O) groups excluding carboxylic acids is 1. The molecule has 0 aliphatic carbocycles. The molecule has 12 heteroatoms. The van der Waals surface area contributed by atoms with E-state index in [4.69, 9.17) is 15.6 Å². The van der Waals surface area contributed by atoms with Gasteiger partial charge in [-0.3, -0.25) is 4.79 Å². The highest BCUT2D eigenvalue weighted by atomic mass is 16.7.